The first-order valence-electron chi connectivity index (χ1n) is 9.82. The number of pyridine rings is 1. The molecular formula is C20H25N5O2. The minimum absolute atomic E-state index is 0.193. The number of nitrogens with zero attached hydrogens (tertiary/aromatic N) is 5. The van der Waals surface area contributed by atoms with Gasteiger partial charge in [0, 0.05) is 68.8 Å². The molecule has 5 rings (SSSR count). The Hall–Kier alpha value is -2.25. The Morgan fingerprint density at radius 2 is 1.89 bits per heavy atom. The van der Waals surface area contributed by atoms with E-state index >= 15 is 0 Å². The average molecular weight is 367 g/mol. The smallest absolute Gasteiger partial charge is 0.255 e. The van der Waals surface area contributed by atoms with Crippen LogP contribution in [0.5, 0.6) is 0 Å². The first-order valence-corrected chi connectivity index (χ1v) is 9.82. The van der Waals surface area contributed by atoms with Crippen LogP contribution >= 0.6 is 0 Å². The lowest BCUT2D eigenvalue weighted by molar-refractivity contribution is 0.0339. The summed E-state index contributed by atoms with van der Waals surface area (Å²) in [6.45, 7) is 6.63. The van der Waals surface area contributed by atoms with E-state index in [0.717, 1.165) is 70.4 Å². The monoisotopic (exact) mass is 367 g/mol. The fourth-order valence-electron chi connectivity index (χ4n) is 4.73. The fraction of sp³-hybridized carbons (Fsp3) is 0.550. The van der Waals surface area contributed by atoms with Gasteiger partial charge in [0.2, 0.25) is 5.95 Å². The summed E-state index contributed by atoms with van der Waals surface area (Å²) in [7, 11) is 0. The van der Waals surface area contributed by atoms with Crippen LogP contribution in [0.4, 0.5) is 5.95 Å². The van der Waals surface area contributed by atoms with Gasteiger partial charge in [-0.05, 0) is 24.5 Å². The summed E-state index contributed by atoms with van der Waals surface area (Å²) in [5, 5.41) is 0. The van der Waals surface area contributed by atoms with Crippen molar-refractivity contribution in [3.63, 3.8) is 0 Å². The van der Waals surface area contributed by atoms with Crippen molar-refractivity contribution >= 4 is 5.95 Å². The highest BCUT2D eigenvalue weighted by molar-refractivity contribution is 5.34. The van der Waals surface area contributed by atoms with E-state index in [-0.39, 0.29) is 5.56 Å². The van der Waals surface area contributed by atoms with Gasteiger partial charge in [-0.2, -0.15) is 0 Å². The van der Waals surface area contributed by atoms with Crippen molar-refractivity contribution in [3.8, 4) is 0 Å². The number of aromatic nitrogens is 3. The standard InChI is InChI=1S/C20H25N5O2/c26-19-16(13-23-6-8-27-9-7-23)2-3-18-17-10-15(12-25(18)19)11-24(14-17)20-21-4-1-5-22-20/h1-5,15,17H,6-14H2/t15-,17+/m0/s1. The van der Waals surface area contributed by atoms with E-state index in [1.54, 1.807) is 12.4 Å². The summed E-state index contributed by atoms with van der Waals surface area (Å²) in [6, 6.07) is 6.06. The normalized spacial score (nSPS) is 25.3. The Balaban J connectivity index is 1.40. The van der Waals surface area contributed by atoms with Crippen LogP contribution in [0.15, 0.2) is 35.4 Å². The molecule has 0 aliphatic carbocycles. The summed E-state index contributed by atoms with van der Waals surface area (Å²) in [4.78, 5) is 26.5. The van der Waals surface area contributed by atoms with Crippen LogP contribution in [0, 0.1) is 5.92 Å². The topological polar surface area (TPSA) is 63.5 Å². The molecule has 7 nitrogen and oxygen atoms in total. The third-order valence-electron chi connectivity index (χ3n) is 6.02. The number of rotatable bonds is 3. The van der Waals surface area contributed by atoms with Crippen molar-refractivity contribution < 1.29 is 4.74 Å². The van der Waals surface area contributed by atoms with Gasteiger partial charge in [0.15, 0.2) is 0 Å². The van der Waals surface area contributed by atoms with Gasteiger partial charge < -0.3 is 14.2 Å². The lowest BCUT2D eigenvalue weighted by Gasteiger charge is -2.43. The zero-order valence-corrected chi connectivity index (χ0v) is 15.5. The minimum Gasteiger partial charge on any atom is -0.379 e. The van der Waals surface area contributed by atoms with E-state index < -0.39 is 0 Å². The summed E-state index contributed by atoms with van der Waals surface area (Å²) in [5.74, 6) is 1.63. The van der Waals surface area contributed by atoms with Crippen LogP contribution in [-0.4, -0.2) is 58.8 Å². The summed E-state index contributed by atoms with van der Waals surface area (Å²) < 4.78 is 7.45. The molecule has 0 N–H and O–H groups in total. The number of hydrogen-bond acceptors (Lipinski definition) is 6. The number of hydrogen-bond donors (Lipinski definition) is 0. The largest absolute Gasteiger partial charge is 0.379 e. The van der Waals surface area contributed by atoms with Crippen molar-refractivity contribution in [1.82, 2.24) is 19.4 Å². The van der Waals surface area contributed by atoms with E-state index in [1.165, 1.54) is 5.69 Å². The maximum Gasteiger partial charge on any atom is 0.255 e. The van der Waals surface area contributed by atoms with Crippen LogP contribution in [0.1, 0.15) is 23.6 Å². The SMILES string of the molecule is O=c1c(CN2CCOCC2)ccc2n1C[C@H]1C[C@@H]2CN(c2ncccn2)C1. The number of fused-ring (bicyclic) bond motifs is 4. The van der Waals surface area contributed by atoms with Crippen molar-refractivity contribution in [2.24, 2.45) is 5.92 Å². The summed E-state index contributed by atoms with van der Waals surface area (Å²) in [6.07, 6.45) is 4.73. The summed E-state index contributed by atoms with van der Waals surface area (Å²) in [5.41, 5.74) is 2.27. The molecule has 2 aromatic rings. The Kier molecular flexibility index (Phi) is 4.41. The minimum atomic E-state index is 0.193. The van der Waals surface area contributed by atoms with Crippen molar-refractivity contribution in [3.05, 3.63) is 52.2 Å². The highest BCUT2D eigenvalue weighted by atomic mass is 16.5. The van der Waals surface area contributed by atoms with Crippen molar-refractivity contribution in [1.29, 1.82) is 0 Å². The molecule has 0 aromatic carbocycles. The molecule has 2 atom stereocenters. The third-order valence-corrected chi connectivity index (χ3v) is 6.02. The Labute approximate surface area is 158 Å². The quantitative estimate of drug-likeness (QED) is 0.809. The lowest BCUT2D eigenvalue weighted by Crippen LogP contribution is -2.48. The van der Waals surface area contributed by atoms with Gasteiger partial charge in [-0.15, -0.1) is 0 Å². The Bertz CT molecular complexity index is 862. The molecule has 3 aliphatic heterocycles. The predicted octanol–water partition coefficient (Wildman–Crippen LogP) is 1.09. The van der Waals surface area contributed by atoms with Crippen LogP contribution < -0.4 is 10.5 Å². The van der Waals surface area contributed by atoms with Gasteiger partial charge in [0.1, 0.15) is 0 Å². The molecule has 27 heavy (non-hydrogen) atoms. The molecule has 2 saturated heterocycles. The molecule has 2 fully saturated rings. The maximum atomic E-state index is 13.1. The molecule has 3 aliphatic rings. The molecule has 0 unspecified atom stereocenters. The van der Waals surface area contributed by atoms with Crippen LogP contribution in [0.25, 0.3) is 0 Å². The highest BCUT2D eigenvalue weighted by Crippen LogP contribution is 2.36. The molecule has 2 aromatic heterocycles. The second-order valence-corrected chi connectivity index (χ2v) is 7.84. The van der Waals surface area contributed by atoms with Gasteiger partial charge in [0.05, 0.1) is 13.2 Å². The number of anilines is 1. The van der Waals surface area contributed by atoms with Gasteiger partial charge in [-0.3, -0.25) is 9.69 Å². The van der Waals surface area contributed by atoms with Gasteiger partial charge in [-0.25, -0.2) is 9.97 Å². The Morgan fingerprint density at radius 1 is 1.07 bits per heavy atom. The van der Waals surface area contributed by atoms with Crippen LogP contribution in [0.2, 0.25) is 0 Å². The summed E-state index contributed by atoms with van der Waals surface area (Å²) >= 11 is 0. The van der Waals surface area contributed by atoms with Crippen molar-refractivity contribution in [2.75, 3.05) is 44.3 Å². The van der Waals surface area contributed by atoms with Gasteiger partial charge in [0.25, 0.3) is 5.56 Å². The predicted molar refractivity (Wildman–Crippen MR) is 102 cm³/mol. The first kappa shape index (κ1) is 16.9. The molecule has 0 spiro atoms. The van der Waals surface area contributed by atoms with Crippen molar-refractivity contribution in [2.45, 2.75) is 25.4 Å². The van der Waals surface area contributed by atoms with Gasteiger partial charge >= 0.3 is 0 Å². The van der Waals surface area contributed by atoms with E-state index in [1.807, 2.05) is 16.7 Å². The molecule has 2 bridgehead atoms. The van der Waals surface area contributed by atoms with E-state index in [4.69, 9.17) is 4.74 Å². The highest BCUT2D eigenvalue weighted by Gasteiger charge is 2.35. The zero-order valence-electron chi connectivity index (χ0n) is 15.5. The number of piperidine rings is 1. The molecule has 0 saturated carbocycles. The maximum absolute atomic E-state index is 13.1. The van der Waals surface area contributed by atoms with E-state index in [2.05, 4.69) is 25.8 Å². The molecule has 7 heteroatoms. The number of ether oxygens (including phenoxy) is 1. The average Bonchev–Trinajstić information content (AvgIpc) is 2.72. The first-order chi connectivity index (χ1) is 13.3. The second kappa shape index (κ2) is 7.05. The lowest BCUT2D eigenvalue weighted by atomic mass is 9.83. The molecule has 5 heterocycles. The van der Waals surface area contributed by atoms with E-state index in [9.17, 15) is 4.79 Å². The second-order valence-electron chi connectivity index (χ2n) is 7.84. The molecule has 0 amide bonds. The molecule has 142 valence electrons. The molecule has 0 radical (unpaired) electrons. The van der Waals surface area contributed by atoms with Crippen LogP contribution in [0.3, 0.4) is 0 Å². The Morgan fingerprint density at radius 3 is 2.70 bits per heavy atom. The van der Waals surface area contributed by atoms with Crippen LogP contribution in [-0.2, 0) is 17.8 Å². The van der Waals surface area contributed by atoms with E-state index in [0.29, 0.717) is 11.8 Å². The third kappa shape index (κ3) is 3.26. The zero-order chi connectivity index (χ0) is 18.2. The van der Waals surface area contributed by atoms with Gasteiger partial charge in [-0.1, -0.05) is 6.07 Å². The number of morpholine rings is 1. The molecular weight excluding hydrogens is 342 g/mol. The fourth-order valence-corrected chi connectivity index (χ4v) is 4.73.